The van der Waals surface area contributed by atoms with Crippen molar-refractivity contribution in [2.75, 3.05) is 6.61 Å². The zero-order valence-electron chi connectivity index (χ0n) is 23.2. The fraction of sp³-hybridized carbons (Fsp3) is 0.806. The molecule has 5 rings (SSSR count). The zero-order valence-corrected chi connectivity index (χ0v) is 23.2. The van der Waals surface area contributed by atoms with E-state index in [2.05, 4.69) is 33.8 Å². The van der Waals surface area contributed by atoms with Gasteiger partial charge in [-0.3, -0.25) is 9.59 Å². The van der Waals surface area contributed by atoms with Crippen LogP contribution in [0, 0.1) is 40.4 Å². The molecule has 200 valence electrons. The number of carbonyl (C=O) groups is 2. The van der Waals surface area contributed by atoms with Crippen LogP contribution in [0.3, 0.4) is 0 Å². The zero-order chi connectivity index (χ0) is 25.8. The minimum absolute atomic E-state index is 0.0643. The lowest BCUT2D eigenvalue weighted by Crippen LogP contribution is -2.50. The summed E-state index contributed by atoms with van der Waals surface area (Å²) >= 11 is 0. The van der Waals surface area contributed by atoms with Gasteiger partial charge < -0.3 is 14.2 Å². The van der Waals surface area contributed by atoms with Gasteiger partial charge in [-0.2, -0.15) is 0 Å². The number of hydrogen-bond donors (Lipinski definition) is 0. The Hall–Kier alpha value is -1.78. The van der Waals surface area contributed by atoms with Crippen molar-refractivity contribution >= 4 is 11.9 Å². The fourth-order valence-corrected chi connectivity index (χ4v) is 9.27. The van der Waals surface area contributed by atoms with Crippen molar-refractivity contribution in [3.05, 3.63) is 23.0 Å². The van der Waals surface area contributed by atoms with Gasteiger partial charge in [0.2, 0.25) is 0 Å². The summed E-state index contributed by atoms with van der Waals surface area (Å²) in [5.74, 6) is 3.93. The highest BCUT2D eigenvalue weighted by Gasteiger charge is 2.63. The smallest absolute Gasteiger partial charge is 0.302 e. The molecule has 0 aromatic heterocycles. The molecule has 0 spiro atoms. The Morgan fingerprint density at radius 2 is 1.92 bits per heavy atom. The van der Waals surface area contributed by atoms with E-state index in [-0.39, 0.29) is 23.5 Å². The van der Waals surface area contributed by atoms with Gasteiger partial charge in [-0.05, 0) is 91.9 Å². The minimum Gasteiger partial charge on any atom is -0.494 e. The third-order valence-corrected chi connectivity index (χ3v) is 11.0. The third-order valence-electron chi connectivity index (χ3n) is 11.0. The van der Waals surface area contributed by atoms with E-state index in [0.717, 1.165) is 43.9 Å². The lowest BCUT2D eigenvalue weighted by Gasteiger charge is -2.58. The number of ether oxygens (including phenoxy) is 3. The molecule has 1 heterocycles. The number of rotatable bonds is 6. The molecule has 0 radical (unpaired) electrons. The number of hydrogen-bond acceptors (Lipinski definition) is 5. The molecule has 0 unspecified atom stereocenters. The van der Waals surface area contributed by atoms with E-state index < -0.39 is 0 Å². The van der Waals surface area contributed by atoms with Crippen molar-refractivity contribution in [2.24, 2.45) is 40.4 Å². The van der Waals surface area contributed by atoms with Crippen LogP contribution in [0.15, 0.2) is 23.0 Å². The molecule has 3 fully saturated rings. The largest absolute Gasteiger partial charge is 0.494 e. The Bertz CT molecular complexity index is 964. The molecule has 36 heavy (non-hydrogen) atoms. The summed E-state index contributed by atoms with van der Waals surface area (Å²) in [7, 11) is 0. The summed E-state index contributed by atoms with van der Waals surface area (Å²) in [6, 6.07) is 0. The van der Waals surface area contributed by atoms with Crippen LogP contribution in [0.2, 0.25) is 0 Å². The molecule has 9 atom stereocenters. The lowest BCUT2D eigenvalue weighted by atomic mass is 9.47. The average molecular weight is 499 g/mol. The number of fused-ring (bicyclic) bond motifs is 7. The molecular formula is C31H46O5. The van der Waals surface area contributed by atoms with Crippen LogP contribution in [-0.4, -0.2) is 30.8 Å². The Labute approximate surface area is 217 Å². The molecule has 5 heteroatoms. The Morgan fingerprint density at radius 3 is 2.64 bits per heavy atom. The van der Waals surface area contributed by atoms with Gasteiger partial charge in [0.15, 0.2) is 0 Å². The van der Waals surface area contributed by atoms with E-state index in [1.54, 1.807) is 5.57 Å². The minimum atomic E-state index is -0.200. The predicted molar refractivity (Wildman–Crippen MR) is 139 cm³/mol. The van der Waals surface area contributed by atoms with Crippen molar-refractivity contribution in [3.8, 4) is 0 Å². The van der Waals surface area contributed by atoms with Crippen LogP contribution in [0.1, 0.15) is 99.3 Å². The standard InChI is InChI=1S/C31H46O5/c1-18(17-34-20(3)32)7-10-27-19(2)29-28(36-27)16-26-24-9-8-22-15-23(35-21(4)33)11-13-30(22,5)25(24)12-14-31(26,29)6/h8,18,23-26,28-29H,7,9-17H2,1-6H3/t18-,23-,24-,25+,26-,28+,29-,30+,31+/m1/s1. The third kappa shape index (κ3) is 4.32. The average Bonchev–Trinajstić information content (AvgIpc) is 3.29. The topological polar surface area (TPSA) is 61.8 Å². The first-order valence-electron chi connectivity index (χ1n) is 14.4. The maximum absolute atomic E-state index is 11.5. The Morgan fingerprint density at radius 1 is 1.14 bits per heavy atom. The van der Waals surface area contributed by atoms with Gasteiger partial charge in [-0.1, -0.05) is 32.4 Å². The van der Waals surface area contributed by atoms with Crippen LogP contribution in [0.5, 0.6) is 0 Å². The quantitative estimate of drug-likeness (QED) is 0.299. The Balaban J connectivity index is 1.29. The maximum Gasteiger partial charge on any atom is 0.302 e. The predicted octanol–water partition coefficient (Wildman–Crippen LogP) is 6.76. The molecule has 1 aliphatic heterocycles. The number of carbonyl (C=O) groups excluding carboxylic acids is 2. The van der Waals surface area contributed by atoms with Crippen molar-refractivity contribution < 1.29 is 23.8 Å². The number of allylic oxidation sites excluding steroid dienone is 2. The first-order chi connectivity index (χ1) is 17.0. The molecule has 0 aromatic carbocycles. The monoisotopic (exact) mass is 498 g/mol. The van der Waals surface area contributed by atoms with E-state index in [0.29, 0.717) is 35.9 Å². The van der Waals surface area contributed by atoms with Gasteiger partial charge >= 0.3 is 11.9 Å². The molecular weight excluding hydrogens is 452 g/mol. The fourth-order valence-electron chi connectivity index (χ4n) is 9.27. The molecule has 4 aliphatic carbocycles. The van der Waals surface area contributed by atoms with E-state index in [9.17, 15) is 9.59 Å². The first kappa shape index (κ1) is 25.9. The second-order valence-corrected chi connectivity index (χ2v) is 13.2. The normalized spacial score (nSPS) is 41.8. The highest BCUT2D eigenvalue weighted by Crippen LogP contribution is 2.69. The van der Waals surface area contributed by atoms with Crippen LogP contribution in [-0.2, 0) is 23.8 Å². The van der Waals surface area contributed by atoms with E-state index in [4.69, 9.17) is 14.2 Å². The van der Waals surface area contributed by atoms with Crippen molar-refractivity contribution in [2.45, 2.75) is 112 Å². The van der Waals surface area contributed by atoms with E-state index >= 15 is 0 Å². The molecule has 0 bridgehead atoms. The summed E-state index contributed by atoms with van der Waals surface area (Å²) in [6.45, 7) is 13.1. The molecule has 5 nitrogen and oxygen atoms in total. The molecule has 0 amide bonds. The SMILES string of the molecule is CC(=O)OC[C@H](C)CCC1=C(C)[C@@H]2[C@H](C[C@@H]3[C@@H]4CC=C5C[C@H](OC(C)=O)CC[C@]5(C)[C@H]4CC[C@@]32C)O1. The van der Waals surface area contributed by atoms with Gasteiger partial charge in [0, 0.05) is 32.6 Å². The molecule has 0 N–H and O–H groups in total. The number of esters is 2. The molecule has 3 saturated carbocycles. The highest BCUT2D eigenvalue weighted by atomic mass is 16.5. The molecule has 0 aromatic rings. The summed E-state index contributed by atoms with van der Waals surface area (Å²) in [5, 5.41) is 0. The summed E-state index contributed by atoms with van der Waals surface area (Å²) in [6.07, 6.45) is 12.9. The van der Waals surface area contributed by atoms with Gasteiger partial charge in [0.1, 0.15) is 12.2 Å². The first-order valence-corrected chi connectivity index (χ1v) is 14.4. The summed E-state index contributed by atoms with van der Waals surface area (Å²) < 4.78 is 17.5. The van der Waals surface area contributed by atoms with Crippen molar-refractivity contribution in [1.29, 1.82) is 0 Å². The summed E-state index contributed by atoms with van der Waals surface area (Å²) in [4.78, 5) is 22.7. The molecule has 0 saturated heterocycles. The van der Waals surface area contributed by atoms with Gasteiger partial charge in [-0.25, -0.2) is 0 Å². The Kier molecular flexibility index (Phi) is 6.83. The van der Waals surface area contributed by atoms with Crippen LogP contribution in [0.4, 0.5) is 0 Å². The highest BCUT2D eigenvalue weighted by molar-refractivity contribution is 5.66. The van der Waals surface area contributed by atoms with Gasteiger partial charge in [0.05, 0.1) is 12.4 Å². The van der Waals surface area contributed by atoms with E-state index in [1.807, 2.05) is 0 Å². The van der Waals surface area contributed by atoms with Gasteiger partial charge in [0.25, 0.3) is 0 Å². The van der Waals surface area contributed by atoms with Crippen molar-refractivity contribution in [3.63, 3.8) is 0 Å². The van der Waals surface area contributed by atoms with Crippen LogP contribution < -0.4 is 0 Å². The van der Waals surface area contributed by atoms with Crippen LogP contribution >= 0.6 is 0 Å². The van der Waals surface area contributed by atoms with Crippen molar-refractivity contribution in [1.82, 2.24) is 0 Å². The van der Waals surface area contributed by atoms with Gasteiger partial charge in [-0.15, -0.1) is 0 Å². The maximum atomic E-state index is 11.5. The molecule has 5 aliphatic rings. The second-order valence-electron chi connectivity index (χ2n) is 13.2. The lowest BCUT2D eigenvalue weighted by molar-refractivity contribution is -0.148. The van der Waals surface area contributed by atoms with Crippen LogP contribution in [0.25, 0.3) is 0 Å². The van der Waals surface area contributed by atoms with E-state index in [1.165, 1.54) is 50.9 Å². The second kappa shape index (κ2) is 9.51. The summed E-state index contributed by atoms with van der Waals surface area (Å²) in [5.41, 5.74) is 3.62.